The summed E-state index contributed by atoms with van der Waals surface area (Å²) in [5, 5.41) is 11.5. The molecule has 2 aromatic heterocycles. The third-order valence-corrected chi connectivity index (χ3v) is 6.52. The fourth-order valence-electron chi connectivity index (χ4n) is 4.90. The van der Waals surface area contributed by atoms with Crippen molar-refractivity contribution < 1.29 is 18.0 Å². The van der Waals surface area contributed by atoms with Crippen LogP contribution in [0.3, 0.4) is 0 Å². The highest BCUT2D eigenvalue weighted by atomic mass is 19.4. The molecule has 0 spiro atoms. The molecule has 0 bridgehead atoms. The van der Waals surface area contributed by atoms with Crippen molar-refractivity contribution in [2.24, 2.45) is 0 Å². The SMILES string of the molecule is O=C(N[C@@H]1CCC[C@H](Nc2cc(C(F)(F)F)nc3ccccc23)C1)c1cc2n(n1)CCCC2. The Morgan fingerprint density at radius 1 is 1.06 bits per heavy atom. The normalized spacial score (nSPS) is 20.9. The number of alkyl halides is 3. The Hall–Kier alpha value is -3.10. The van der Waals surface area contributed by atoms with Crippen LogP contribution in [0.4, 0.5) is 18.9 Å². The van der Waals surface area contributed by atoms with Crippen molar-refractivity contribution >= 4 is 22.5 Å². The molecule has 3 aromatic rings. The second-order valence-corrected chi connectivity index (χ2v) is 8.95. The highest BCUT2D eigenvalue weighted by Gasteiger charge is 2.34. The van der Waals surface area contributed by atoms with Crippen LogP contribution in [0, 0.1) is 0 Å². The lowest BCUT2D eigenvalue weighted by atomic mass is 9.90. The summed E-state index contributed by atoms with van der Waals surface area (Å²) >= 11 is 0. The number of amides is 1. The number of benzene rings is 1. The van der Waals surface area contributed by atoms with Gasteiger partial charge in [-0.3, -0.25) is 9.48 Å². The van der Waals surface area contributed by atoms with Crippen LogP contribution in [0.5, 0.6) is 0 Å². The highest BCUT2D eigenvalue weighted by Crippen LogP contribution is 2.34. The Labute approximate surface area is 189 Å². The molecule has 5 rings (SSSR count). The van der Waals surface area contributed by atoms with Gasteiger partial charge in [0, 0.05) is 35.4 Å². The van der Waals surface area contributed by atoms with Gasteiger partial charge in [-0.15, -0.1) is 0 Å². The number of para-hydroxylation sites is 1. The average molecular weight is 458 g/mol. The van der Waals surface area contributed by atoms with Gasteiger partial charge in [0.2, 0.25) is 0 Å². The van der Waals surface area contributed by atoms with Crippen LogP contribution in [0.2, 0.25) is 0 Å². The van der Waals surface area contributed by atoms with Gasteiger partial charge >= 0.3 is 6.18 Å². The first-order valence-electron chi connectivity index (χ1n) is 11.5. The lowest BCUT2D eigenvalue weighted by Crippen LogP contribution is -2.42. The molecule has 2 atom stereocenters. The number of halogens is 3. The van der Waals surface area contributed by atoms with E-state index in [1.807, 2.05) is 10.7 Å². The van der Waals surface area contributed by atoms with Gasteiger partial charge in [-0.2, -0.15) is 18.3 Å². The lowest BCUT2D eigenvalue weighted by Gasteiger charge is -2.31. The maximum Gasteiger partial charge on any atom is 0.433 e. The van der Waals surface area contributed by atoms with Crippen LogP contribution in [0.1, 0.15) is 60.4 Å². The molecule has 2 N–H and O–H groups in total. The molecular formula is C24H26F3N5O. The van der Waals surface area contributed by atoms with E-state index in [0.29, 0.717) is 28.7 Å². The number of pyridine rings is 1. The van der Waals surface area contributed by atoms with Gasteiger partial charge < -0.3 is 10.6 Å². The summed E-state index contributed by atoms with van der Waals surface area (Å²) in [5.41, 5.74) is 1.36. The third kappa shape index (κ3) is 4.67. The highest BCUT2D eigenvalue weighted by molar-refractivity contribution is 5.93. The minimum Gasteiger partial charge on any atom is -0.382 e. The number of aromatic nitrogens is 3. The molecule has 1 fully saturated rings. The second-order valence-electron chi connectivity index (χ2n) is 8.95. The molecule has 0 unspecified atom stereocenters. The van der Waals surface area contributed by atoms with E-state index in [1.165, 1.54) is 0 Å². The van der Waals surface area contributed by atoms with Crippen molar-refractivity contribution in [3.8, 4) is 0 Å². The maximum absolute atomic E-state index is 13.4. The molecule has 33 heavy (non-hydrogen) atoms. The van der Waals surface area contributed by atoms with Gasteiger partial charge in [-0.25, -0.2) is 4.98 Å². The summed E-state index contributed by atoms with van der Waals surface area (Å²) in [6.45, 7) is 0.845. The number of carbonyl (C=O) groups excluding carboxylic acids is 1. The zero-order valence-corrected chi connectivity index (χ0v) is 18.2. The first kappa shape index (κ1) is 21.7. The summed E-state index contributed by atoms with van der Waals surface area (Å²) in [7, 11) is 0. The summed E-state index contributed by atoms with van der Waals surface area (Å²) in [6, 6.07) is 9.67. The number of fused-ring (bicyclic) bond motifs is 2. The molecular weight excluding hydrogens is 431 g/mol. The quantitative estimate of drug-likeness (QED) is 0.582. The summed E-state index contributed by atoms with van der Waals surface area (Å²) in [6.07, 6.45) is 1.77. The lowest BCUT2D eigenvalue weighted by molar-refractivity contribution is -0.140. The number of hydrogen-bond acceptors (Lipinski definition) is 4. The molecule has 1 aliphatic carbocycles. The maximum atomic E-state index is 13.4. The topological polar surface area (TPSA) is 71.8 Å². The van der Waals surface area contributed by atoms with Crippen LogP contribution in [-0.4, -0.2) is 32.8 Å². The third-order valence-electron chi connectivity index (χ3n) is 6.52. The smallest absolute Gasteiger partial charge is 0.382 e. The molecule has 174 valence electrons. The molecule has 2 aliphatic rings. The number of anilines is 1. The Morgan fingerprint density at radius 2 is 1.88 bits per heavy atom. The van der Waals surface area contributed by atoms with E-state index in [1.54, 1.807) is 24.3 Å². The van der Waals surface area contributed by atoms with Gasteiger partial charge in [0.1, 0.15) is 11.4 Å². The molecule has 1 aliphatic heterocycles. The number of carbonyl (C=O) groups is 1. The summed E-state index contributed by atoms with van der Waals surface area (Å²) < 4.78 is 42.1. The largest absolute Gasteiger partial charge is 0.433 e. The number of rotatable bonds is 4. The Kier molecular flexibility index (Phi) is 5.72. The fourth-order valence-corrected chi connectivity index (χ4v) is 4.90. The van der Waals surface area contributed by atoms with E-state index >= 15 is 0 Å². The predicted octanol–water partition coefficient (Wildman–Crippen LogP) is 4.94. The zero-order valence-electron chi connectivity index (χ0n) is 18.2. The first-order chi connectivity index (χ1) is 15.9. The van der Waals surface area contributed by atoms with Crippen molar-refractivity contribution in [1.29, 1.82) is 0 Å². The number of nitrogens with zero attached hydrogens (tertiary/aromatic N) is 3. The van der Waals surface area contributed by atoms with Gasteiger partial charge in [0.25, 0.3) is 5.91 Å². The minimum absolute atomic E-state index is 0.0499. The van der Waals surface area contributed by atoms with E-state index in [4.69, 9.17) is 0 Å². The van der Waals surface area contributed by atoms with Crippen LogP contribution >= 0.6 is 0 Å². The van der Waals surface area contributed by atoms with Crippen LogP contribution in [-0.2, 0) is 19.1 Å². The van der Waals surface area contributed by atoms with Crippen LogP contribution < -0.4 is 10.6 Å². The van der Waals surface area contributed by atoms with E-state index in [0.717, 1.165) is 56.8 Å². The van der Waals surface area contributed by atoms with Gasteiger partial charge in [0.15, 0.2) is 0 Å². The Morgan fingerprint density at radius 3 is 2.70 bits per heavy atom. The van der Waals surface area contributed by atoms with Crippen molar-refractivity contribution in [2.45, 2.75) is 69.8 Å². The van der Waals surface area contributed by atoms with E-state index in [2.05, 4.69) is 20.7 Å². The predicted molar refractivity (Wildman–Crippen MR) is 119 cm³/mol. The number of nitrogens with one attached hydrogen (secondary N) is 2. The molecule has 6 nitrogen and oxygen atoms in total. The molecule has 1 aromatic carbocycles. The van der Waals surface area contributed by atoms with Crippen molar-refractivity contribution in [3.05, 3.63) is 53.5 Å². The number of aryl methyl sites for hydroxylation is 2. The van der Waals surface area contributed by atoms with Crippen molar-refractivity contribution in [2.75, 3.05) is 5.32 Å². The molecule has 0 saturated heterocycles. The summed E-state index contributed by atoms with van der Waals surface area (Å²) in [4.78, 5) is 16.6. The standard InChI is InChI=1S/C24H26F3N5O/c25-24(26,27)22-14-20(18-9-1-2-10-19(18)30-22)28-15-6-5-7-16(12-15)29-23(33)21-13-17-8-3-4-11-32(17)31-21/h1-2,9-10,13-16H,3-8,11-12H2,(H,28,30)(H,29,33)/t15-,16+/m0/s1. The van der Waals surface area contributed by atoms with Crippen LogP contribution in [0.25, 0.3) is 10.9 Å². The fraction of sp³-hybridized carbons (Fsp3) is 0.458. The number of hydrogen-bond donors (Lipinski definition) is 2. The monoisotopic (exact) mass is 457 g/mol. The zero-order chi connectivity index (χ0) is 23.0. The van der Waals surface area contributed by atoms with Crippen LogP contribution in [0.15, 0.2) is 36.4 Å². The van der Waals surface area contributed by atoms with E-state index < -0.39 is 11.9 Å². The molecule has 1 amide bonds. The van der Waals surface area contributed by atoms with Gasteiger partial charge in [0.05, 0.1) is 5.52 Å². The first-order valence-corrected chi connectivity index (χ1v) is 11.5. The van der Waals surface area contributed by atoms with Gasteiger partial charge in [-0.1, -0.05) is 18.2 Å². The Balaban J connectivity index is 1.30. The van der Waals surface area contributed by atoms with Crippen molar-refractivity contribution in [1.82, 2.24) is 20.1 Å². The minimum atomic E-state index is -4.52. The van der Waals surface area contributed by atoms with Gasteiger partial charge in [-0.05, 0) is 63.1 Å². The molecule has 1 saturated carbocycles. The average Bonchev–Trinajstić information content (AvgIpc) is 3.23. The van der Waals surface area contributed by atoms with E-state index in [-0.39, 0.29) is 18.0 Å². The molecule has 9 heteroatoms. The summed E-state index contributed by atoms with van der Waals surface area (Å²) in [5.74, 6) is -0.184. The van der Waals surface area contributed by atoms with Crippen molar-refractivity contribution in [3.63, 3.8) is 0 Å². The second kappa shape index (κ2) is 8.68. The molecule has 3 heterocycles. The van der Waals surface area contributed by atoms with E-state index in [9.17, 15) is 18.0 Å². The Bertz CT molecular complexity index is 1150. The molecule has 0 radical (unpaired) electrons.